The molecule has 2 aliphatic rings. The Morgan fingerprint density at radius 2 is 1.51 bits per heavy atom. The fourth-order valence-electron chi connectivity index (χ4n) is 6.34. The predicted molar refractivity (Wildman–Crippen MR) is 179 cm³/mol. The second-order valence-electron chi connectivity index (χ2n) is 12.7. The highest BCUT2D eigenvalue weighted by molar-refractivity contribution is 5.99. The molecule has 3 aromatic rings. The first-order chi connectivity index (χ1) is 22.6. The summed E-state index contributed by atoms with van der Waals surface area (Å²) in [6, 6.07) is 23.4. The molecule has 0 aromatic heterocycles. The molecule has 3 aromatic carbocycles. The lowest BCUT2D eigenvalue weighted by molar-refractivity contribution is -0.142. The topological polar surface area (TPSA) is 128 Å². The van der Waals surface area contributed by atoms with Gasteiger partial charge in [0.05, 0.1) is 12.6 Å². The van der Waals surface area contributed by atoms with Gasteiger partial charge in [-0.1, -0.05) is 86.6 Å². The summed E-state index contributed by atoms with van der Waals surface area (Å²) in [6.45, 7) is 5.34. The third-order valence-electron chi connectivity index (χ3n) is 8.78. The summed E-state index contributed by atoms with van der Waals surface area (Å²) in [5.41, 5.74) is 3.12. The van der Waals surface area contributed by atoms with Crippen LogP contribution in [-0.4, -0.2) is 83.1 Å². The van der Waals surface area contributed by atoms with E-state index in [0.717, 1.165) is 16.7 Å². The number of hydrogen-bond acceptors (Lipinski definition) is 5. The maximum atomic E-state index is 14.2. The van der Waals surface area contributed by atoms with Gasteiger partial charge in [-0.3, -0.25) is 24.0 Å². The zero-order chi connectivity index (χ0) is 33.5. The molecule has 5 rings (SSSR count). The van der Waals surface area contributed by atoms with Crippen molar-refractivity contribution in [3.8, 4) is 11.1 Å². The van der Waals surface area contributed by atoms with E-state index in [1.165, 1.54) is 9.80 Å². The molecule has 0 saturated carbocycles. The number of amides is 5. The highest BCUT2D eigenvalue weighted by atomic mass is 16.2. The minimum Gasteiger partial charge on any atom is -0.349 e. The molecule has 5 amide bonds. The fourth-order valence-corrected chi connectivity index (χ4v) is 6.34. The van der Waals surface area contributed by atoms with Crippen LogP contribution in [0.1, 0.15) is 49.5 Å². The lowest BCUT2D eigenvalue weighted by Gasteiger charge is -2.31. The Labute approximate surface area is 275 Å². The quantitative estimate of drug-likeness (QED) is 0.396. The fraction of sp³-hybridized carbons (Fsp3) is 0.378. The van der Waals surface area contributed by atoms with E-state index < -0.39 is 41.9 Å². The normalized spacial score (nSPS) is 22.9. The average Bonchev–Trinajstić information content (AvgIpc) is 3.56. The van der Waals surface area contributed by atoms with Gasteiger partial charge in [-0.05, 0) is 60.9 Å². The van der Waals surface area contributed by atoms with Crippen LogP contribution < -0.4 is 16.0 Å². The zero-order valence-electron chi connectivity index (χ0n) is 27.1. The Bertz CT molecular complexity index is 1590. The second-order valence-corrected chi connectivity index (χ2v) is 12.7. The van der Waals surface area contributed by atoms with Crippen molar-refractivity contribution in [3.63, 3.8) is 0 Å². The standard InChI is InChI=1S/C37H43N5O5/c1-24(2)33-35(45)39-30(20-26-12-6-4-7-13-26)22-41(37(47)29-17-10-16-28(21-29)27-14-8-5-9-15-27)23-32(43)38-25(3)36(46)42-19-11-18-31(42)34(44)40-33/h4-10,12-17,21,24-25,30-31,33H,11,18-20,22-23H2,1-3H3,(H,38,43)(H,39,45)(H,40,44)/t25-,30-,31+,33-/m0/s1. The number of fused-ring (bicyclic) bond motifs is 1. The van der Waals surface area contributed by atoms with Crippen LogP contribution in [0.3, 0.4) is 0 Å². The molecule has 47 heavy (non-hydrogen) atoms. The predicted octanol–water partition coefficient (Wildman–Crippen LogP) is 3.17. The SMILES string of the molecule is CC(C)[C@@H]1NC(=O)[C@H]2CCCN2C(=O)[C@H](C)NC(=O)CN(C(=O)c2cccc(-c3ccccc3)c2)C[C@H](Cc2ccccc2)NC1=O. The molecule has 0 bridgehead atoms. The summed E-state index contributed by atoms with van der Waals surface area (Å²) < 4.78 is 0. The van der Waals surface area contributed by atoms with Crippen LogP contribution in [0.5, 0.6) is 0 Å². The minimum atomic E-state index is -0.917. The number of nitrogens with one attached hydrogen (secondary N) is 3. The van der Waals surface area contributed by atoms with Crippen molar-refractivity contribution in [2.24, 2.45) is 5.92 Å². The van der Waals surface area contributed by atoms with Gasteiger partial charge in [0.15, 0.2) is 0 Å². The van der Waals surface area contributed by atoms with Gasteiger partial charge in [-0.2, -0.15) is 0 Å². The molecule has 0 radical (unpaired) electrons. The molecule has 2 aliphatic heterocycles. The van der Waals surface area contributed by atoms with Crippen LogP contribution in [0.25, 0.3) is 11.1 Å². The van der Waals surface area contributed by atoms with E-state index >= 15 is 0 Å². The molecule has 246 valence electrons. The van der Waals surface area contributed by atoms with Crippen molar-refractivity contribution in [2.45, 2.75) is 64.2 Å². The zero-order valence-corrected chi connectivity index (χ0v) is 27.1. The van der Waals surface area contributed by atoms with Crippen LogP contribution in [0, 0.1) is 5.92 Å². The molecule has 0 spiro atoms. The van der Waals surface area contributed by atoms with E-state index in [1.54, 1.807) is 25.1 Å². The van der Waals surface area contributed by atoms with E-state index in [2.05, 4.69) is 16.0 Å². The van der Waals surface area contributed by atoms with E-state index in [0.29, 0.717) is 31.4 Å². The van der Waals surface area contributed by atoms with E-state index in [-0.39, 0.29) is 30.8 Å². The lowest BCUT2D eigenvalue weighted by Crippen LogP contribution is -2.58. The summed E-state index contributed by atoms with van der Waals surface area (Å²) in [4.78, 5) is 71.4. The monoisotopic (exact) mass is 637 g/mol. The van der Waals surface area contributed by atoms with E-state index in [1.807, 2.05) is 80.6 Å². The number of carbonyl (C=O) groups excluding carboxylic acids is 5. The number of hydrogen-bond donors (Lipinski definition) is 3. The summed E-state index contributed by atoms with van der Waals surface area (Å²) in [5.74, 6) is -2.32. The second kappa shape index (κ2) is 15.1. The van der Waals surface area contributed by atoms with E-state index in [4.69, 9.17) is 0 Å². The number of nitrogens with zero attached hydrogens (tertiary/aromatic N) is 2. The van der Waals surface area contributed by atoms with Crippen LogP contribution in [0.2, 0.25) is 0 Å². The molecular weight excluding hydrogens is 594 g/mol. The third-order valence-corrected chi connectivity index (χ3v) is 8.78. The van der Waals surface area contributed by atoms with Gasteiger partial charge in [-0.25, -0.2) is 0 Å². The molecule has 10 nitrogen and oxygen atoms in total. The maximum Gasteiger partial charge on any atom is 0.254 e. The van der Waals surface area contributed by atoms with Crippen molar-refractivity contribution < 1.29 is 24.0 Å². The first-order valence-electron chi connectivity index (χ1n) is 16.3. The van der Waals surface area contributed by atoms with Crippen molar-refractivity contribution in [3.05, 3.63) is 96.1 Å². The molecule has 3 N–H and O–H groups in total. The van der Waals surface area contributed by atoms with Gasteiger partial charge in [0.25, 0.3) is 5.91 Å². The van der Waals surface area contributed by atoms with Gasteiger partial charge >= 0.3 is 0 Å². The van der Waals surface area contributed by atoms with Crippen molar-refractivity contribution in [1.82, 2.24) is 25.8 Å². The molecule has 2 saturated heterocycles. The Morgan fingerprint density at radius 1 is 0.830 bits per heavy atom. The van der Waals surface area contributed by atoms with E-state index in [9.17, 15) is 24.0 Å². The lowest BCUT2D eigenvalue weighted by atomic mass is 10.00. The van der Waals surface area contributed by atoms with Crippen molar-refractivity contribution in [1.29, 1.82) is 0 Å². The third kappa shape index (κ3) is 8.24. The highest BCUT2D eigenvalue weighted by Crippen LogP contribution is 2.22. The summed E-state index contributed by atoms with van der Waals surface area (Å²) in [5, 5.41) is 8.75. The largest absolute Gasteiger partial charge is 0.349 e. The molecule has 0 unspecified atom stereocenters. The summed E-state index contributed by atoms with van der Waals surface area (Å²) in [7, 11) is 0. The van der Waals surface area contributed by atoms with Crippen LogP contribution >= 0.6 is 0 Å². The molecule has 10 heteroatoms. The first kappa shape index (κ1) is 33.4. The number of benzene rings is 3. The molecule has 2 fully saturated rings. The average molecular weight is 638 g/mol. The van der Waals surface area contributed by atoms with Crippen LogP contribution in [0.4, 0.5) is 0 Å². The first-order valence-corrected chi connectivity index (χ1v) is 16.3. The Balaban J connectivity index is 1.52. The van der Waals surface area contributed by atoms with Crippen LogP contribution in [0.15, 0.2) is 84.9 Å². The Kier molecular flexibility index (Phi) is 10.7. The molecule has 4 atom stereocenters. The molecule has 2 heterocycles. The van der Waals surface area contributed by atoms with Gasteiger partial charge in [0.2, 0.25) is 23.6 Å². The van der Waals surface area contributed by atoms with Crippen molar-refractivity contribution in [2.75, 3.05) is 19.6 Å². The van der Waals surface area contributed by atoms with Crippen LogP contribution in [-0.2, 0) is 25.6 Å². The van der Waals surface area contributed by atoms with Gasteiger partial charge < -0.3 is 25.8 Å². The smallest absolute Gasteiger partial charge is 0.254 e. The van der Waals surface area contributed by atoms with Gasteiger partial charge in [-0.15, -0.1) is 0 Å². The molecule has 0 aliphatic carbocycles. The van der Waals surface area contributed by atoms with Gasteiger partial charge in [0, 0.05) is 18.7 Å². The molecular formula is C37H43N5O5. The van der Waals surface area contributed by atoms with Gasteiger partial charge in [0.1, 0.15) is 18.1 Å². The Hall–Kier alpha value is -4.99. The number of rotatable bonds is 5. The number of carbonyl (C=O) groups is 5. The Morgan fingerprint density at radius 3 is 2.21 bits per heavy atom. The maximum absolute atomic E-state index is 14.2. The van der Waals surface area contributed by atoms with Crippen molar-refractivity contribution >= 4 is 29.5 Å². The summed E-state index contributed by atoms with van der Waals surface area (Å²) in [6.07, 6.45) is 1.48. The minimum absolute atomic E-state index is 0.0122. The highest BCUT2D eigenvalue weighted by Gasteiger charge is 2.39. The summed E-state index contributed by atoms with van der Waals surface area (Å²) >= 11 is 0.